The van der Waals surface area contributed by atoms with Crippen LogP contribution in [0, 0.1) is 0 Å². The van der Waals surface area contributed by atoms with Crippen molar-refractivity contribution in [2.75, 3.05) is 28.2 Å². The Hall–Kier alpha value is -0.470. The summed E-state index contributed by atoms with van der Waals surface area (Å²) in [5.74, 6) is 0. The third-order valence-corrected chi connectivity index (χ3v) is 2.25. The summed E-state index contributed by atoms with van der Waals surface area (Å²) in [6, 6.07) is 0. The van der Waals surface area contributed by atoms with Crippen LogP contribution in [0.4, 0.5) is 0 Å². The largest absolute Gasteiger partial charge is 0.368 e. The molecule has 0 aliphatic heterocycles. The molecule has 0 heterocycles. The highest BCUT2D eigenvalue weighted by Crippen LogP contribution is 2.03. The molecule has 4 heteroatoms. The van der Waals surface area contributed by atoms with Crippen LogP contribution in [0.1, 0.15) is 0 Å². The molecule has 0 unspecified atom stereocenters. The standard InChI is InChI=1S/C9H15Cl2N2/c1-12(2)8(10)6-5-7-9(11)13(3)4/h5-7H,1-4H3/q+1. The second-order valence-corrected chi connectivity index (χ2v) is 3.73. The van der Waals surface area contributed by atoms with E-state index in [1.165, 1.54) is 0 Å². The van der Waals surface area contributed by atoms with Crippen LogP contribution >= 0.6 is 23.2 Å². The van der Waals surface area contributed by atoms with Gasteiger partial charge in [0.2, 0.25) is 0 Å². The van der Waals surface area contributed by atoms with Gasteiger partial charge >= 0.3 is 0 Å². The zero-order valence-corrected chi connectivity index (χ0v) is 9.89. The lowest BCUT2D eigenvalue weighted by Gasteiger charge is -2.08. The summed E-state index contributed by atoms with van der Waals surface area (Å²) in [6.45, 7) is 0. The summed E-state index contributed by atoms with van der Waals surface area (Å²) in [5, 5.41) is 1.33. The Bertz CT molecular complexity index is 248. The number of rotatable bonds is 3. The maximum absolute atomic E-state index is 5.85. The molecule has 0 amide bonds. The van der Waals surface area contributed by atoms with Crippen molar-refractivity contribution in [3.63, 3.8) is 0 Å². The van der Waals surface area contributed by atoms with E-state index in [2.05, 4.69) is 0 Å². The molecule has 0 rings (SSSR count). The molecule has 74 valence electrons. The number of halogens is 2. The highest BCUT2D eigenvalue weighted by atomic mass is 35.5. The van der Waals surface area contributed by atoms with E-state index in [1.807, 2.05) is 43.7 Å². The molecule has 0 aliphatic rings. The predicted octanol–water partition coefficient (Wildman–Crippen LogP) is 2.09. The van der Waals surface area contributed by atoms with Crippen LogP contribution in [-0.4, -0.2) is 42.8 Å². The minimum absolute atomic E-state index is 0.666. The molecule has 0 fully saturated rings. The van der Waals surface area contributed by atoms with Crippen molar-refractivity contribution in [1.82, 2.24) is 4.90 Å². The Morgan fingerprint density at radius 3 is 2.15 bits per heavy atom. The molecule has 0 atom stereocenters. The highest BCUT2D eigenvalue weighted by molar-refractivity contribution is 6.66. The second kappa shape index (κ2) is 6.06. The molecule has 2 nitrogen and oxygen atoms in total. The van der Waals surface area contributed by atoms with Crippen molar-refractivity contribution in [3.05, 3.63) is 23.4 Å². The molecule has 0 aromatic carbocycles. The summed E-state index contributed by atoms with van der Waals surface area (Å²) in [7, 11) is 7.52. The maximum atomic E-state index is 5.85. The molecule has 0 spiro atoms. The highest BCUT2D eigenvalue weighted by Gasteiger charge is 1.95. The minimum Gasteiger partial charge on any atom is -0.368 e. The molecule has 0 aromatic rings. The van der Waals surface area contributed by atoms with Gasteiger partial charge in [0.1, 0.15) is 19.3 Å². The van der Waals surface area contributed by atoms with Crippen molar-refractivity contribution in [2.24, 2.45) is 0 Å². The first-order valence-corrected chi connectivity index (χ1v) is 4.61. The van der Waals surface area contributed by atoms with Crippen LogP contribution in [0.25, 0.3) is 0 Å². The minimum atomic E-state index is 0.666. The van der Waals surface area contributed by atoms with E-state index in [-0.39, 0.29) is 0 Å². The fraction of sp³-hybridized carbons (Fsp3) is 0.444. The van der Waals surface area contributed by atoms with Crippen molar-refractivity contribution in [3.8, 4) is 0 Å². The van der Waals surface area contributed by atoms with Gasteiger partial charge in [-0.3, -0.25) is 0 Å². The van der Waals surface area contributed by atoms with Gasteiger partial charge in [-0.25, -0.2) is 4.58 Å². The van der Waals surface area contributed by atoms with Gasteiger partial charge in [0.25, 0.3) is 5.17 Å². The quantitative estimate of drug-likeness (QED) is 0.307. The first kappa shape index (κ1) is 12.5. The predicted molar refractivity (Wildman–Crippen MR) is 59.7 cm³/mol. The molecule has 0 saturated carbocycles. The molecule has 13 heavy (non-hydrogen) atoms. The van der Waals surface area contributed by atoms with Crippen LogP contribution in [-0.2, 0) is 0 Å². The molecule has 0 saturated heterocycles. The molecule has 0 bridgehead atoms. The first-order chi connectivity index (χ1) is 5.95. The zero-order chi connectivity index (χ0) is 10.4. The average molecular weight is 222 g/mol. The van der Waals surface area contributed by atoms with E-state index in [0.29, 0.717) is 10.3 Å². The lowest BCUT2D eigenvalue weighted by atomic mass is 10.5. The van der Waals surface area contributed by atoms with E-state index in [0.717, 1.165) is 0 Å². The van der Waals surface area contributed by atoms with E-state index < -0.39 is 0 Å². The number of allylic oxidation sites excluding steroid dienone is 3. The Morgan fingerprint density at radius 1 is 1.23 bits per heavy atom. The van der Waals surface area contributed by atoms with Gasteiger partial charge in [0.05, 0.1) is 0 Å². The van der Waals surface area contributed by atoms with Crippen molar-refractivity contribution < 1.29 is 4.58 Å². The van der Waals surface area contributed by atoms with E-state index >= 15 is 0 Å². The average Bonchev–Trinajstić information content (AvgIpc) is 2.03. The van der Waals surface area contributed by atoms with Gasteiger partial charge in [0, 0.05) is 20.2 Å². The normalized spacial score (nSPS) is 12.0. The Morgan fingerprint density at radius 2 is 1.77 bits per heavy atom. The van der Waals surface area contributed by atoms with E-state index in [9.17, 15) is 0 Å². The SMILES string of the molecule is CN(C)/C(Cl)=C/C=C\C(Cl)=[N+](C)C. The molecular formula is C9H15Cl2N2+. The summed E-state index contributed by atoms with van der Waals surface area (Å²) in [4.78, 5) is 1.81. The van der Waals surface area contributed by atoms with Gasteiger partial charge in [-0.1, -0.05) is 17.7 Å². The monoisotopic (exact) mass is 221 g/mol. The maximum Gasteiger partial charge on any atom is 0.269 e. The van der Waals surface area contributed by atoms with Crippen LogP contribution in [0.2, 0.25) is 0 Å². The van der Waals surface area contributed by atoms with Gasteiger partial charge in [0.15, 0.2) is 0 Å². The van der Waals surface area contributed by atoms with E-state index in [1.54, 1.807) is 12.2 Å². The summed E-state index contributed by atoms with van der Waals surface area (Å²) < 4.78 is 1.81. The summed E-state index contributed by atoms with van der Waals surface area (Å²) in [5.41, 5.74) is 0. The van der Waals surface area contributed by atoms with Gasteiger partial charge < -0.3 is 4.90 Å². The van der Waals surface area contributed by atoms with Gasteiger partial charge in [-0.2, -0.15) is 0 Å². The fourth-order valence-corrected chi connectivity index (χ4v) is 0.651. The Kier molecular flexibility index (Phi) is 5.84. The lowest BCUT2D eigenvalue weighted by Crippen LogP contribution is -2.06. The van der Waals surface area contributed by atoms with Crippen LogP contribution < -0.4 is 0 Å². The topological polar surface area (TPSA) is 6.25 Å². The summed E-state index contributed by atoms with van der Waals surface area (Å²) in [6.07, 6.45) is 5.38. The van der Waals surface area contributed by atoms with Gasteiger partial charge in [-0.15, -0.1) is 0 Å². The number of nitrogens with zero attached hydrogens (tertiary/aromatic N) is 2. The first-order valence-electron chi connectivity index (χ1n) is 3.86. The number of hydrogen-bond donors (Lipinski definition) is 0. The third-order valence-electron chi connectivity index (χ3n) is 1.32. The van der Waals surface area contributed by atoms with E-state index in [4.69, 9.17) is 23.2 Å². The Balaban J connectivity index is 4.32. The van der Waals surface area contributed by atoms with Gasteiger partial charge in [-0.05, 0) is 17.7 Å². The molecule has 0 N–H and O–H groups in total. The fourth-order valence-electron chi connectivity index (χ4n) is 0.505. The van der Waals surface area contributed by atoms with Crippen molar-refractivity contribution in [2.45, 2.75) is 0 Å². The lowest BCUT2D eigenvalue weighted by molar-refractivity contribution is -0.461. The second-order valence-electron chi connectivity index (χ2n) is 2.96. The summed E-state index contributed by atoms with van der Waals surface area (Å²) >= 11 is 11.7. The van der Waals surface area contributed by atoms with Crippen molar-refractivity contribution >= 4 is 28.4 Å². The Labute approximate surface area is 89.8 Å². The molecule has 0 aliphatic carbocycles. The number of hydrogen-bond acceptors (Lipinski definition) is 1. The van der Waals surface area contributed by atoms with Crippen molar-refractivity contribution in [1.29, 1.82) is 0 Å². The third kappa shape index (κ3) is 5.72. The molecule has 0 radical (unpaired) electrons. The zero-order valence-electron chi connectivity index (χ0n) is 8.38. The van der Waals surface area contributed by atoms with Crippen LogP contribution in [0.5, 0.6) is 0 Å². The van der Waals surface area contributed by atoms with Crippen LogP contribution in [0.15, 0.2) is 23.4 Å². The molecule has 0 aromatic heterocycles. The smallest absolute Gasteiger partial charge is 0.269 e. The molecular weight excluding hydrogens is 207 g/mol. The van der Waals surface area contributed by atoms with Crippen LogP contribution in [0.3, 0.4) is 0 Å².